The van der Waals surface area contributed by atoms with Crippen LogP contribution in [0.2, 0.25) is 0 Å². The molecule has 2 fully saturated rings. The predicted octanol–water partition coefficient (Wildman–Crippen LogP) is 0.341. The van der Waals surface area contributed by atoms with Crippen molar-refractivity contribution in [2.24, 2.45) is 5.92 Å². The smallest absolute Gasteiger partial charge is 0.244 e. The molecule has 1 aromatic heterocycles. The third-order valence-electron chi connectivity index (χ3n) is 4.40. The van der Waals surface area contributed by atoms with E-state index in [1.807, 2.05) is 4.90 Å². The normalized spacial score (nSPS) is 21.3. The van der Waals surface area contributed by atoms with E-state index in [-0.39, 0.29) is 16.7 Å². The van der Waals surface area contributed by atoms with E-state index in [1.165, 1.54) is 10.5 Å². The first-order valence-corrected chi connectivity index (χ1v) is 9.30. The number of nitrogens with zero attached hydrogens (tertiary/aromatic N) is 3. The Morgan fingerprint density at radius 1 is 1.17 bits per heavy atom. The van der Waals surface area contributed by atoms with Gasteiger partial charge in [0.25, 0.3) is 0 Å². The van der Waals surface area contributed by atoms with Crippen molar-refractivity contribution in [1.29, 1.82) is 0 Å². The molecule has 1 amide bonds. The number of hydrogen-bond acceptors (Lipinski definition) is 5. The summed E-state index contributed by atoms with van der Waals surface area (Å²) in [7, 11) is -3.51. The molecule has 3 rings (SSSR count). The molecule has 126 valence electrons. The fourth-order valence-electron chi connectivity index (χ4n) is 3.03. The Morgan fingerprint density at radius 3 is 2.48 bits per heavy atom. The van der Waals surface area contributed by atoms with E-state index in [9.17, 15) is 13.2 Å². The summed E-state index contributed by atoms with van der Waals surface area (Å²) in [5.74, 6) is 0.0418. The molecule has 0 unspecified atom stereocenters. The molecule has 1 aromatic rings. The lowest BCUT2D eigenvalue weighted by Gasteiger charge is -2.35. The highest BCUT2D eigenvalue weighted by molar-refractivity contribution is 7.89. The number of carbonyl (C=O) groups excluding carboxylic acids is 1. The summed E-state index contributed by atoms with van der Waals surface area (Å²) in [6.07, 6.45) is 4.04. The zero-order chi connectivity index (χ0) is 16.3. The van der Waals surface area contributed by atoms with Gasteiger partial charge in [0.2, 0.25) is 15.9 Å². The molecule has 0 radical (unpaired) electrons. The van der Waals surface area contributed by atoms with Crippen LogP contribution in [0.1, 0.15) is 12.8 Å². The topological polar surface area (TPSA) is 79.8 Å². The maximum Gasteiger partial charge on any atom is 0.244 e. The van der Waals surface area contributed by atoms with Crippen LogP contribution in [0, 0.1) is 5.92 Å². The fourth-order valence-corrected chi connectivity index (χ4v) is 4.47. The molecular formula is C15H21N3O4S. The van der Waals surface area contributed by atoms with E-state index in [0.29, 0.717) is 52.2 Å². The van der Waals surface area contributed by atoms with Crippen LogP contribution >= 0.6 is 0 Å². The molecule has 8 heteroatoms. The minimum atomic E-state index is -3.51. The molecule has 3 heterocycles. The van der Waals surface area contributed by atoms with E-state index >= 15 is 0 Å². The van der Waals surface area contributed by atoms with E-state index < -0.39 is 10.0 Å². The van der Waals surface area contributed by atoms with Crippen LogP contribution in [0.3, 0.4) is 0 Å². The second-order valence-electron chi connectivity index (χ2n) is 5.80. The Bertz CT molecular complexity index is 636. The first kappa shape index (κ1) is 16.4. The highest BCUT2D eigenvalue weighted by Gasteiger charge is 2.34. The van der Waals surface area contributed by atoms with Crippen LogP contribution in [-0.4, -0.2) is 67.9 Å². The second-order valence-corrected chi connectivity index (χ2v) is 7.74. The first-order chi connectivity index (χ1) is 11.1. The Balaban J connectivity index is 1.61. The van der Waals surface area contributed by atoms with Crippen LogP contribution in [0.5, 0.6) is 0 Å². The van der Waals surface area contributed by atoms with E-state index in [2.05, 4.69) is 4.98 Å². The molecule has 2 aliphatic heterocycles. The van der Waals surface area contributed by atoms with Crippen LogP contribution in [0.15, 0.2) is 29.4 Å². The van der Waals surface area contributed by atoms with Gasteiger partial charge in [0.1, 0.15) is 4.90 Å². The van der Waals surface area contributed by atoms with Gasteiger partial charge in [-0.2, -0.15) is 4.31 Å². The van der Waals surface area contributed by atoms with E-state index in [0.717, 1.165) is 0 Å². The van der Waals surface area contributed by atoms with Gasteiger partial charge in [-0.15, -0.1) is 0 Å². The number of piperidine rings is 1. The van der Waals surface area contributed by atoms with Gasteiger partial charge >= 0.3 is 0 Å². The SMILES string of the molecule is O=C(C1CCN(S(=O)(=O)c2cccnc2)CC1)N1CCOCC1. The highest BCUT2D eigenvalue weighted by atomic mass is 32.2. The molecular weight excluding hydrogens is 318 g/mol. The van der Waals surface area contributed by atoms with Crippen LogP contribution in [0.4, 0.5) is 0 Å². The van der Waals surface area contributed by atoms with Gasteiger partial charge in [-0.3, -0.25) is 9.78 Å². The number of pyridine rings is 1. The monoisotopic (exact) mass is 339 g/mol. The summed E-state index contributed by atoms with van der Waals surface area (Å²) in [6.45, 7) is 3.18. The van der Waals surface area contributed by atoms with Gasteiger partial charge in [-0.25, -0.2) is 8.42 Å². The fraction of sp³-hybridized carbons (Fsp3) is 0.600. The number of carbonyl (C=O) groups is 1. The summed E-state index contributed by atoms with van der Waals surface area (Å²) < 4.78 is 31.8. The highest BCUT2D eigenvalue weighted by Crippen LogP contribution is 2.25. The molecule has 0 atom stereocenters. The maximum atomic E-state index is 12.5. The lowest BCUT2D eigenvalue weighted by atomic mass is 9.96. The van der Waals surface area contributed by atoms with E-state index in [1.54, 1.807) is 18.3 Å². The van der Waals surface area contributed by atoms with Gasteiger partial charge in [0, 0.05) is 44.5 Å². The second kappa shape index (κ2) is 6.94. The molecule has 0 bridgehead atoms. The molecule has 0 aliphatic carbocycles. The number of sulfonamides is 1. The van der Waals surface area contributed by atoms with Crippen molar-refractivity contribution in [2.45, 2.75) is 17.7 Å². The Hall–Kier alpha value is -1.51. The number of hydrogen-bond donors (Lipinski definition) is 0. The predicted molar refractivity (Wildman–Crippen MR) is 83.1 cm³/mol. The zero-order valence-electron chi connectivity index (χ0n) is 12.9. The van der Waals surface area contributed by atoms with Crippen molar-refractivity contribution in [3.05, 3.63) is 24.5 Å². The molecule has 0 saturated carbocycles. The van der Waals surface area contributed by atoms with Crippen molar-refractivity contribution < 1.29 is 17.9 Å². The lowest BCUT2D eigenvalue weighted by Crippen LogP contribution is -2.47. The third-order valence-corrected chi connectivity index (χ3v) is 6.28. The summed E-state index contributed by atoms with van der Waals surface area (Å²) in [4.78, 5) is 18.4. The Kier molecular flexibility index (Phi) is 4.93. The van der Waals surface area contributed by atoms with Gasteiger partial charge in [-0.1, -0.05) is 0 Å². The number of aromatic nitrogens is 1. The Morgan fingerprint density at radius 2 is 1.87 bits per heavy atom. The summed E-state index contributed by atoms with van der Waals surface area (Å²) in [5, 5.41) is 0. The molecule has 23 heavy (non-hydrogen) atoms. The van der Waals surface area contributed by atoms with Crippen molar-refractivity contribution in [1.82, 2.24) is 14.2 Å². The zero-order valence-corrected chi connectivity index (χ0v) is 13.7. The van der Waals surface area contributed by atoms with Crippen LogP contribution < -0.4 is 0 Å². The molecule has 2 aliphatic rings. The number of morpholine rings is 1. The first-order valence-electron chi connectivity index (χ1n) is 7.86. The van der Waals surface area contributed by atoms with Crippen molar-refractivity contribution >= 4 is 15.9 Å². The van der Waals surface area contributed by atoms with Crippen LogP contribution in [0.25, 0.3) is 0 Å². The minimum absolute atomic E-state index is 0.0894. The maximum absolute atomic E-state index is 12.5. The number of rotatable bonds is 3. The van der Waals surface area contributed by atoms with Crippen molar-refractivity contribution in [3.8, 4) is 0 Å². The Labute approximate surface area is 136 Å². The number of ether oxygens (including phenoxy) is 1. The van der Waals surface area contributed by atoms with Crippen molar-refractivity contribution in [3.63, 3.8) is 0 Å². The van der Waals surface area contributed by atoms with Gasteiger partial charge < -0.3 is 9.64 Å². The van der Waals surface area contributed by atoms with Gasteiger partial charge in [0.05, 0.1) is 13.2 Å². The average molecular weight is 339 g/mol. The van der Waals surface area contributed by atoms with E-state index in [4.69, 9.17) is 4.74 Å². The minimum Gasteiger partial charge on any atom is -0.378 e. The molecule has 0 spiro atoms. The standard InChI is InChI=1S/C15H21N3O4S/c19-15(17-8-10-22-11-9-17)13-3-6-18(7-4-13)23(20,21)14-2-1-5-16-12-14/h1-2,5,12-13H,3-4,6-11H2. The molecule has 2 saturated heterocycles. The average Bonchev–Trinajstić information content (AvgIpc) is 2.63. The molecule has 0 N–H and O–H groups in total. The third kappa shape index (κ3) is 3.54. The van der Waals surface area contributed by atoms with Crippen molar-refractivity contribution in [2.75, 3.05) is 39.4 Å². The van der Waals surface area contributed by atoms with Gasteiger partial charge in [-0.05, 0) is 25.0 Å². The quantitative estimate of drug-likeness (QED) is 0.793. The van der Waals surface area contributed by atoms with Gasteiger partial charge in [0.15, 0.2) is 0 Å². The largest absolute Gasteiger partial charge is 0.378 e. The summed E-state index contributed by atoms with van der Waals surface area (Å²) >= 11 is 0. The summed E-state index contributed by atoms with van der Waals surface area (Å²) in [5.41, 5.74) is 0. The lowest BCUT2D eigenvalue weighted by molar-refractivity contribution is -0.140. The van der Waals surface area contributed by atoms with Crippen LogP contribution in [-0.2, 0) is 19.6 Å². The molecule has 7 nitrogen and oxygen atoms in total. The number of amides is 1. The molecule has 0 aromatic carbocycles. The summed E-state index contributed by atoms with van der Waals surface area (Å²) in [6, 6.07) is 3.16.